The molecule has 0 bridgehead atoms. The van der Waals surface area contributed by atoms with Crippen LogP contribution in [0.15, 0.2) is 48.7 Å². The van der Waals surface area contributed by atoms with Gasteiger partial charge in [0.25, 0.3) is 5.91 Å². The highest BCUT2D eigenvalue weighted by Gasteiger charge is 2.31. The fourth-order valence-corrected chi connectivity index (χ4v) is 4.37. The van der Waals surface area contributed by atoms with Crippen LogP contribution in [0.3, 0.4) is 0 Å². The molecule has 3 aromatic carbocycles. The molecule has 5 rings (SSSR count). The first-order chi connectivity index (χ1) is 16.0. The number of hydrogen-bond acceptors (Lipinski definition) is 4. The molecule has 0 spiro atoms. The van der Waals surface area contributed by atoms with Gasteiger partial charge in [0, 0.05) is 36.3 Å². The average molecular weight is 463 g/mol. The molecule has 2 radical (unpaired) electrons. The van der Waals surface area contributed by atoms with E-state index in [4.69, 9.17) is 7.85 Å². The Morgan fingerprint density at radius 1 is 1.09 bits per heavy atom. The molecule has 2 N–H and O–H groups in total. The lowest BCUT2D eigenvalue weighted by molar-refractivity contribution is -0.0899. The van der Waals surface area contributed by atoms with E-state index < -0.39 is 29.0 Å². The number of aryl methyl sites for hydroxylation is 1. The van der Waals surface area contributed by atoms with Crippen LogP contribution in [-0.4, -0.2) is 38.6 Å². The zero-order chi connectivity index (χ0) is 24.4. The Labute approximate surface area is 193 Å². The first kappa shape index (κ1) is 22.2. The van der Waals surface area contributed by atoms with E-state index in [-0.39, 0.29) is 40.9 Å². The third kappa shape index (κ3) is 3.55. The van der Waals surface area contributed by atoms with Gasteiger partial charge in [0.15, 0.2) is 7.85 Å². The van der Waals surface area contributed by atoms with Gasteiger partial charge in [0.2, 0.25) is 0 Å². The summed E-state index contributed by atoms with van der Waals surface area (Å²) < 4.78 is 45.6. The standard InChI is InChI=1S/C24H17BF3N3O3/c1-30-10-15-14(5-6-17(22(15)29-30)24(25,33)34)13-7-19(27)16(20(28)8-13)11-31-9-12-3-2-4-18(26)21(12)23(31)32/h2-8,10,33-34H,9,11H2,1H3. The van der Waals surface area contributed by atoms with Crippen molar-refractivity contribution in [3.8, 4) is 11.1 Å². The van der Waals surface area contributed by atoms with Gasteiger partial charge in [-0.2, -0.15) is 5.10 Å². The molecule has 0 fully saturated rings. The fourth-order valence-electron chi connectivity index (χ4n) is 4.37. The summed E-state index contributed by atoms with van der Waals surface area (Å²) in [6.07, 6.45) is 1.57. The van der Waals surface area contributed by atoms with Gasteiger partial charge in [0.05, 0.1) is 12.1 Å². The van der Waals surface area contributed by atoms with E-state index in [1.54, 1.807) is 19.3 Å². The lowest BCUT2D eigenvalue weighted by atomic mass is 9.85. The molecule has 170 valence electrons. The summed E-state index contributed by atoms with van der Waals surface area (Å²) in [5.74, 6) is -3.05. The zero-order valence-electron chi connectivity index (χ0n) is 17.9. The Balaban J connectivity index is 1.52. The minimum Gasteiger partial charge on any atom is -0.371 e. The highest BCUT2D eigenvalue weighted by molar-refractivity contribution is 6.15. The molecule has 0 aliphatic carbocycles. The maximum atomic E-state index is 15.1. The van der Waals surface area contributed by atoms with Crippen LogP contribution in [0.25, 0.3) is 22.0 Å². The smallest absolute Gasteiger partial charge is 0.257 e. The quantitative estimate of drug-likeness (QED) is 0.360. The molecule has 4 aromatic rings. The highest BCUT2D eigenvalue weighted by atomic mass is 19.1. The first-order valence-corrected chi connectivity index (χ1v) is 10.3. The van der Waals surface area contributed by atoms with Crippen LogP contribution in [-0.2, 0) is 25.8 Å². The summed E-state index contributed by atoms with van der Waals surface area (Å²) >= 11 is 0. The molecule has 1 aliphatic heterocycles. The number of carbonyl (C=O) groups is 1. The number of halogens is 3. The second kappa shape index (κ2) is 7.71. The van der Waals surface area contributed by atoms with Gasteiger partial charge in [0.1, 0.15) is 28.7 Å². The van der Waals surface area contributed by atoms with Gasteiger partial charge in [-0.05, 0) is 34.9 Å². The Kier molecular flexibility index (Phi) is 5.03. The predicted octanol–water partition coefficient (Wildman–Crippen LogP) is 3.08. The van der Waals surface area contributed by atoms with E-state index in [0.29, 0.717) is 16.5 Å². The van der Waals surface area contributed by atoms with Gasteiger partial charge in [-0.25, -0.2) is 13.2 Å². The van der Waals surface area contributed by atoms with Crippen molar-refractivity contribution in [1.82, 2.24) is 14.7 Å². The molecule has 1 amide bonds. The second-order valence-corrected chi connectivity index (χ2v) is 8.31. The van der Waals surface area contributed by atoms with Crippen molar-refractivity contribution in [3.05, 3.63) is 88.4 Å². The van der Waals surface area contributed by atoms with Crippen molar-refractivity contribution >= 4 is 24.7 Å². The van der Waals surface area contributed by atoms with E-state index >= 15 is 8.78 Å². The number of aromatic nitrogens is 2. The van der Waals surface area contributed by atoms with Gasteiger partial charge in [-0.3, -0.25) is 9.48 Å². The summed E-state index contributed by atoms with van der Waals surface area (Å²) in [5.41, 5.74) is -1.91. The largest absolute Gasteiger partial charge is 0.371 e. The molecule has 0 unspecified atom stereocenters. The van der Waals surface area contributed by atoms with Gasteiger partial charge >= 0.3 is 0 Å². The predicted molar refractivity (Wildman–Crippen MR) is 118 cm³/mol. The van der Waals surface area contributed by atoms with E-state index in [1.807, 2.05) is 0 Å². The van der Waals surface area contributed by atoms with Crippen LogP contribution in [0.1, 0.15) is 27.0 Å². The molecule has 0 atom stereocenters. The molecule has 0 saturated heterocycles. The minimum absolute atomic E-state index is 0.0491. The zero-order valence-corrected chi connectivity index (χ0v) is 17.9. The third-order valence-corrected chi connectivity index (χ3v) is 5.95. The van der Waals surface area contributed by atoms with E-state index in [1.165, 1.54) is 33.8 Å². The van der Waals surface area contributed by atoms with E-state index in [2.05, 4.69) is 5.10 Å². The average Bonchev–Trinajstić information content (AvgIpc) is 3.29. The number of aliphatic hydroxyl groups is 2. The highest BCUT2D eigenvalue weighted by Crippen LogP contribution is 2.35. The Morgan fingerprint density at radius 2 is 1.79 bits per heavy atom. The molecule has 10 heteroatoms. The van der Waals surface area contributed by atoms with Gasteiger partial charge < -0.3 is 15.1 Å². The maximum Gasteiger partial charge on any atom is 0.257 e. The molecular formula is C24H17BF3N3O3. The molecule has 6 nitrogen and oxygen atoms in total. The third-order valence-electron chi connectivity index (χ3n) is 5.95. The van der Waals surface area contributed by atoms with Crippen LogP contribution in [0.4, 0.5) is 13.2 Å². The van der Waals surface area contributed by atoms with Crippen molar-refractivity contribution in [1.29, 1.82) is 0 Å². The summed E-state index contributed by atoms with van der Waals surface area (Å²) in [7, 11) is 7.01. The lowest BCUT2D eigenvalue weighted by Crippen LogP contribution is -2.25. The number of amides is 1. The molecule has 1 aliphatic rings. The van der Waals surface area contributed by atoms with Crippen LogP contribution in [0.2, 0.25) is 0 Å². The topological polar surface area (TPSA) is 78.6 Å². The molecule has 2 heterocycles. The van der Waals surface area contributed by atoms with Crippen LogP contribution < -0.4 is 0 Å². The lowest BCUT2D eigenvalue weighted by Gasteiger charge is -2.19. The van der Waals surface area contributed by atoms with Crippen molar-refractivity contribution in [3.63, 3.8) is 0 Å². The van der Waals surface area contributed by atoms with Gasteiger partial charge in [-0.15, -0.1) is 0 Å². The summed E-state index contributed by atoms with van der Waals surface area (Å²) in [4.78, 5) is 13.8. The van der Waals surface area contributed by atoms with Crippen molar-refractivity contribution in [2.45, 2.75) is 18.8 Å². The van der Waals surface area contributed by atoms with Gasteiger partial charge in [-0.1, -0.05) is 24.3 Å². The second-order valence-electron chi connectivity index (χ2n) is 8.31. The number of fused-ring (bicyclic) bond motifs is 2. The number of rotatable bonds is 4. The van der Waals surface area contributed by atoms with Crippen LogP contribution in [0.5, 0.6) is 0 Å². The maximum absolute atomic E-state index is 15.1. The van der Waals surface area contributed by atoms with E-state index in [0.717, 1.165) is 12.1 Å². The number of benzene rings is 3. The molecule has 0 saturated carbocycles. The summed E-state index contributed by atoms with van der Waals surface area (Å²) in [5, 5.41) is 24.3. The fraction of sp³-hybridized carbons (Fsp3) is 0.167. The molecule has 34 heavy (non-hydrogen) atoms. The normalized spacial score (nSPS) is 13.7. The number of nitrogens with zero attached hydrogens (tertiary/aromatic N) is 3. The SMILES string of the molecule is [B]C(O)(O)c1ccc(-c2cc(F)c(CN3Cc4cccc(F)c4C3=O)c(F)c2)c2cn(C)nc12. The summed E-state index contributed by atoms with van der Waals surface area (Å²) in [6, 6.07) is 9.29. The number of carbonyl (C=O) groups excluding carboxylic acids is 1. The molecule has 1 aromatic heterocycles. The Morgan fingerprint density at radius 3 is 2.44 bits per heavy atom. The van der Waals surface area contributed by atoms with Crippen molar-refractivity contribution < 1.29 is 28.2 Å². The van der Waals surface area contributed by atoms with Crippen molar-refractivity contribution in [2.24, 2.45) is 7.05 Å². The Hall–Kier alpha value is -3.63. The first-order valence-electron chi connectivity index (χ1n) is 10.3. The van der Waals surface area contributed by atoms with E-state index in [9.17, 15) is 19.4 Å². The molecular weight excluding hydrogens is 446 g/mol. The van der Waals surface area contributed by atoms with Crippen molar-refractivity contribution in [2.75, 3.05) is 0 Å². The summed E-state index contributed by atoms with van der Waals surface area (Å²) in [6.45, 7) is -0.315. The monoisotopic (exact) mass is 463 g/mol. The number of hydrogen-bond donors (Lipinski definition) is 2. The Bertz CT molecular complexity index is 1460. The van der Waals surface area contributed by atoms with Crippen LogP contribution in [0, 0.1) is 17.5 Å². The minimum atomic E-state index is -2.65. The van der Waals surface area contributed by atoms with Crippen LogP contribution >= 0.6 is 0 Å².